The predicted molar refractivity (Wildman–Crippen MR) is 87.7 cm³/mol. The van der Waals surface area contributed by atoms with Crippen LogP contribution in [0.25, 0.3) is 6.08 Å². The van der Waals surface area contributed by atoms with Crippen molar-refractivity contribution in [2.75, 3.05) is 11.9 Å². The Bertz CT molecular complexity index is 731. The molecule has 0 aliphatic carbocycles. The summed E-state index contributed by atoms with van der Waals surface area (Å²) in [7, 11) is 0. The average molecular weight is 292 g/mol. The molecule has 3 rings (SSSR count). The molecule has 0 bridgehead atoms. The molecule has 0 unspecified atom stereocenters. The molecule has 1 aliphatic rings. The van der Waals surface area contributed by atoms with E-state index in [4.69, 9.17) is 4.74 Å². The van der Waals surface area contributed by atoms with Gasteiger partial charge in [-0.3, -0.25) is 0 Å². The summed E-state index contributed by atoms with van der Waals surface area (Å²) in [5, 5.41) is 3.23. The molecule has 2 aromatic rings. The van der Waals surface area contributed by atoms with E-state index in [1.165, 1.54) is 0 Å². The van der Waals surface area contributed by atoms with Gasteiger partial charge in [0.05, 0.1) is 0 Å². The van der Waals surface area contributed by atoms with Crippen LogP contribution in [-0.4, -0.2) is 18.4 Å². The van der Waals surface area contributed by atoms with Crippen LogP contribution in [0.4, 0.5) is 5.69 Å². The number of benzene rings is 2. The predicted octanol–water partition coefficient (Wildman–Crippen LogP) is 3.46. The SMILES string of the molecule is CCNc1ccc(/C=C2/N=C(c3ccccc3)OC2=O)cc1. The maximum absolute atomic E-state index is 11.9. The van der Waals surface area contributed by atoms with Gasteiger partial charge < -0.3 is 10.1 Å². The fourth-order valence-corrected chi connectivity index (χ4v) is 2.17. The molecule has 4 nitrogen and oxygen atoms in total. The smallest absolute Gasteiger partial charge is 0.363 e. The third kappa shape index (κ3) is 3.06. The van der Waals surface area contributed by atoms with E-state index in [0.717, 1.165) is 23.4 Å². The van der Waals surface area contributed by atoms with Gasteiger partial charge in [0.15, 0.2) is 5.70 Å². The fourth-order valence-electron chi connectivity index (χ4n) is 2.17. The molecule has 0 saturated carbocycles. The van der Waals surface area contributed by atoms with Gasteiger partial charge in [-0.15, -0.1) is 0 Å². The summed E-state index contributed by atoms with van der Waals surface area (Å²) in [5.41, 5.74) is 3.07. The number of hydrogen-bond donors (Lipinski definition) is 1. The van der Waals surface area contributed by atoms with E-state index in [1.807, 2.05) is 61.5 Å². The van der Waals surface area contributed by atoms with Gasteiger partial charge in [-0.05, 0) is 42.8 Å². The van der Waals surface area contributed by atoms with Crippen LogP contribution in [0.2, 0.25) is 0 Å². The maximum Gasteiger partial charge on any atom is 0.363 e. The van der Waals surface area contributed by atoms with Crippen molar-refractivity contribution in [1.29, 1.82) is 0 Å². The molecule has 1 aliphatic heterocycles. The monoisotopic (exact) mass is 292 g/mol. The van der Waals surface area contributed by atoms with Crippen LogP contribution < -0.4 is 5.32 Å². The van der Waals surface area contributed by atoms with Crippen LogP contribution in [0.3, 0.4) is 0 Å². The summed E-state index contributed by atoms with van der Waals surface area (Å²) in [6.07, 6.45) is 1.73. The lowest BCUT2D eigenvalue weighted by Crippen LogP contribution is -2.04. The van der Waals surface area contributed by atoms with E-state index in [2.05, 4.69) is 10.3 Å². The Labute approximate surface area is 129 Å². The number of cyclic esters (lactones) is 1. The molecule has 0 radical (unpaired) electrons. The quantitative estimate of drug-likeness (QED) is 0.693. The first kappa shape index (κ1) is 14.1. The van der Waals surface area contributed by atoms with Crippen molar-refractivity contribution in [2.45, 2.75) is 6.92 Å². The highest BCUT2D eigenvalue weighted by molar-refractivity contribution is 6.12. The number of aliphatic imine (C=N–C) groups is 1. The van der Waals surface area contributed by atoms with Gasteiger partial charge in [0.2, 0.25) is 5.90 Å². The molecule has 22 heavy (non-hydrogen) atoms. The topological polar surface area (TPSA) is 50.7 Å². The molecule has 0 spiro atoms. The third-order valence-electron chi connectivity index (χ3n) is 3.24. The highest BCUT2D eigenvalue weighted by Crippen LogP contribution is 2.19. The molecule has 0 amide bonds. The first-order valence-electron chi connectivity index (χ1n) is 7.18. The first-order valence-corrected chi connectivity index (χ1v) is 7.18. The summed E-state index contributed by atoms with van der Waals surface area (Å²) >= 11 is 0. The lowest BCUT2D eigenvalue weighted by Gasteiger charge is -2.02. The average Bonchev–Trinajstić information content (AvgIpc) is 2.91. The standard InChI is InChI=1S/C18H16N2O2/c1-2-19-15-10-8-13(9-11-15)12-16-18(21)22-17(20-16)14-6-4-3-5-7-14/h3-12,19H,2H2,1H3/b16-12+. The van der Waals surface area contributed by atoms with Crippen LogP contribution in [0.15, 0.2) is 65.3 Å². The lowest BCUT2D eigenvalue weighted by molar-refractivity contribution is -0.129. The van der Waals surface area contributed by atoms with Crippen molar-refractivity contribution < 1.29 is 9.53 Å². The van der Waals surface area contributed by atoms with Crippen LogP contribution in [0.1, 0.15) is 18.1 Å². The number of nitrogens with one attached hydrogen (secondary N) is 1. The van der Waals surface area contributed by atoms with Gasteiger partial charge in [0.1, 0.15) is 0 Å². The summed E-state index contributed by atoms with van der Waals surface area (Å²) in [4.78, 5) is 16.2. The molecule has 0 saturated heterocycles. The van der Waals surface area contributed by atoms with E-state index < -0.39 is 5.97 Å². The van der Waals surface area contributed by atoms with Crippen LogP contribution in [0, 0.1) is 0 Å². The zero-order chi connectivity index (χ0) is 15.4. The maximum atomic E-state index is 11.9. The van der Waals surface area contributed by atoms with Crippen molar-refractivity contribution in [3.05, 3.63) is 71.4 Å². The molecule has 0 atom stereocenters. The van der Waals surface area contributed by atoms with Gasteiger partial charge in [-0.1, -0.05) is 30.3 Å². The molecule has 4 heteroatoms. The van der Waals surface area contributed by atoms with Gasteiger partial charge in [-0.2, -0.15) is 0 Å². The van der Waals surface area contributed by atoms with Crippen molar-refractivity contribution in [2.24, 2.45) is 4.99 Å². The molecule has 1 N–H and O–H groups in total. The minimum atomic E-state index is -0.422. The second kappa shape index (κ2) is 6.26. The van der Waals surface area contributed by atoms with Crippen molar-refractivity contribution >= 4 is 23.6 Å². The van der Waals surface area contributed by atoms with Gasteiger partial charge in [0.25, 0.3) is 0 Å². The van der Waals surface area contributed by atoms with Crippen LogP contribution in [0.5, 0.6) is 0 Å². The summed E-state index contributed by atoms with van der Waals surface area (Å²) < 4.78 is 5.22. The van der Waals surface area contributed by atoms with E-state index in [-0.39, 0.29) is 0 Å². The highest BCUT2D eigenvalue weighted by Gasteiger charge is 2.23. The molecule has 2 aromatic carbocycles. The molecule has 110 valence electrons. The molecule has 0 aromatic heterocycles. The molecular formula is C18H16N2O2. The van der Waals surface area contributed by atoms with Gasteiger partial charge in [0, 0.05) is 17.8 Å². The number of carbonyl (C=O) groups excluding carboxylic acids is 1. The number of hydrogen-bond acceptors (Lipinski definition) is 4. The largest absolute Gasteiger partial charge is 0.402 e. The van der Waals surface area contributed by atoms with Crippen LogP contribution in [-0.2, 0) is 9.53 Å². The number of rotatable bonds is 4. The fraction of sp³-hybridized carbons (Fsp3) is 0.111. The summed E-state index contributed by atoms with van der Waals surface area (Å²) in [5.74, 6) is -0.0734. The van der Waals surface area contributed by atoms with E-state index in [0.29, 0.717) is 11.6 Å². The van der Waals surface area contributed by atoms with Crippen molar-refractivity contribution in [3.8, 4) is 0 Å². The Morgan fingerprint density at radius 2 is 1.82 bits per heavy atom. The van der Waals surface area contributed by atoms with E-state index >= 15 is 0 Å². The number of ether oxygens (including phenoxy) is 1. The zero-order valence-corrected chi connectivity index (χ0v) is 12.2. The number of carbonyl (C=O) groups is 1. The van der Waals surface area contributed by atoms with Crippen LogP contribution >= 0.6 is 0 Å². The van der Waals surface area contributed by atoms with Crippen molar-refractivity contribution in [3.63, 3.8) is 0 Å². The summed E-state index contributed by atoms with van der Waals surface area (Å²) in [6.45, 7) is 2.92. The Hall–Kier alpha value is -2.88. The Morgan fingerprint density at radius 1 is 1.09 bits per heavy atom. The number of anilines is 1. The van der Waals surface area contributed by atoms with Gasteiger partial charge >= 0.3 is 5.97 Å². The number of esters is 1. The molecular weight excluding hydrogens is 276 g/mol. The Kier molecular flexibility index (Phi) is 4.01. The summed E-state index contributed by atoms with van der Waals surface area (Å²) in [6, 6.07) is 17.2. The second-order valence-corrected chi connectivity index (χ2v) is 4.85. The Morgan fingerprint density at radius 3 is 2.50 bits per heavy atom. The normalized spacial score (nSPS) is 15.6. The minimum absolute atomic E-state index is 0.315. The molecule has 0 fully saturated rings. The van der Waals surface area contributed by atoms with E-state index in [1.54, 1.807) is 6.08 Å². The van der Waals surface area contributed by atoms with Crippen molar-refractivity contribution in [1.82, 2.24) is 0 Å². The molecule has 1 heterocycles. The number of nitrogens with zero attached hydrogens (tertiary/aromatic N) is 1. The second-order valence-electron chi connectivity index (χ2n) is 4.85. The lowest BCUT2D eigenvalue weighted by atomic mass is 10.1. The first-order chi connectivity index (χ1) is 10.8. The van der Waals surface area contributed by atoms with Gasteiger partial charge in [-0.25, -0.2) is 9.79 Å². The Balaban J connectivity index is 1.84. The van der Waals surface area contributed by atoms with E-state index in [9.17, 15) is 4.79 Å². The highest BCUT2D eigenvalue weighted by atomic mass is 16.6. The minimum Gasteiger partial charge on any atom is -0.402 e. The zero-order valence-electron chi connectivity index (χ0n) is 12.2. The third-order valence-corrected chi connectivity index (χ3v) is 3.24.